The number of halogens is 4. The van der Waals surface area contributed by atoms with E-state index in [9.17, 15) is 17.6 Å². The quantitative estimate of drug-likeness (QED) is 0.513. The second kappa shape index (κ2) is 9.32. The Morgan fingerprint density at radius 1 is 1.04 bits per heavy atom. The standard InChI is InChI=1S/C17H30F4N4O2/c1-10-2-7-13(27-10)8-22-15-23-14(11-3-5-12(18)6-4-11)24-16(25-15)26-9-17(19,20)21/h10-16,22-25H,2-9H2,1H3. The molecule has 0 aromatic rings. The molecule has 4 N–H and O–H groups in total. The van der Waals surface area contributed by atoms with Gasteiger partial charge in [0.15, 0.2) is 6.35 Å². The first-order chi connectivity index (χ1) is 12.8. The molecule has 3 rings (SSSR count). The van der Waals surface area contributed by atoms with Gasteiger partial charge in [-0.25, -0.2) is 4.39 Å². The predicted molar refractivity (Wildman–Crippen MR) is 91.2 cm³/mol. The summed E-state index contributed by atoms with van der Waals surface area (Å²) in [7, 11) is 0. The Bertz CT molecular complexity index is 463. The zero-order valence-corrected chi connectivity index (χ0v) is 15.5. The summed E-state index contributed by atoms with van der Waals surface area (Å²) < 4.78 is 61.7. The summed E-state index contributed by atoms with van der Waals surface area (Å²) in [6, 6.07) is 0. The van der Waals surface area contributed by atoms with Crippen molar-refractivity contribution < 1.29 is 27.0 Å². The highest BCUT2D eigenvalue weighted by atomic mass is 19.4. The SMILES string of the molecule is CC1CCC(CNC2NC(OCC(F)(F)F)NC(C3CCC(F)CC3)N2)O1. The maximum absolute atomic E-state index is 13.4. The predicted octanol–water partition coefficient (Wildman–Crippen LogP) is 1.93. The summed E-state index contributed by atoms with van der Waals surface area (Å²) >= 11 is 0. The molecule has 158 valence electrons. The van der Waals surface area contributed by atoms with Crippen molar-refractivity contribution in [1.82, 2.24) is 21.3 Å². The van der Waals surface area contributed by atoms with Crippen LogP contribution in [0.2, 0.25) is 0 Å². The summed E-state index contributed by atoms with van der Waals surface area (Å²) in [5.74, 6) is 0.142. The third-order valence-electron chi connectivity index (χ3n) is 5.45. The van der Waals surface area contributed by atoms with Gasteiger partial charge in [-0.1, -0.05) is 0 Å². The van der Waals surface area contributed by atoms with E-state index in [1.807, 2.05) is 6.92 Å². The Kier molecular flexibility index (Phi) is 7.32. The molecule has 1 saturated carbocycles. The van der Waals surface area contributed by atoms with E-state index in [4.69, 9.17) is 9.47 Å². The summed E-state index contributed by atoms with van der Waals surface area (Å²) in [5, 5.41) is 12.6. The van der Waals surface area contributed by atoms with Crippen LogP contribution < -0.4 is 21.3 Å². The van der Waals surface area contributed by atoms with E-state index in [0.717, 1.165) is 12.8 Å². The van der Waals surface area contributed by atoms with E-state index in [1.54, 1.807) is 0 Å². The van der Waals surface area contributed by atoms with Crippen molar-refractivity contribution in [2.75, 3.05) is 13.2 Å². The van der Waals surface area contributed by atoms with E-state index in [-0.39, 0.29) is 24.3 Å². The number of alkyl halides is 4. The normalized spacial score (nSPS) is 41.0. The Hall–Kier alpha value is -0.520. The molecule has 2 aliphatic heterocycles. The molecule has 2 saturated heterocycles. The number of ether oxygens (including phenoxy) is 2. The average Bonchev–Trinajstić information content (AvgIpc) is 3.03. The zero-order valence-electron chi connectivity index (χ0n) is 15.5. The molecule has 5 atom stereocenters. The first-order valence-electron chi connectivity index (χ1n) is 9.78. The van der Waals surface area contributed by atoms with Gasteiger partial charge < -0.3 is 9.47 Å². The van der Waals surface area contributed by atoms with Crippen molar-refractivity contribution >= 4 is 0 Å². The molecule has 3 aliphatic rings. The molecule has 3 fully saturated rings. The van der Waals surface area contributed by atoms with Crippen molar-refractivity contribution in [2.45, 2.75) is 88.8 Å². The molecule has 0 spiro atoms. The Morgan fingerprint density at radius 2 is 1.78 bits per heavy atom. The molecule has 0 radical (unpaired) electrons. The van der Waals surface area contributed by atoms with Crippen LogP contribution in [0.25, 0.3) is 0 Å². The van der Waals surface area contributed by atoms with Gasteiger partial charge in [-0.2, -0.15) is 13.2 Å². The first-order valence-corrected chi connectivity index (χ1v) is 9.78. The highest BCUT2D eigenvalue weighted by Crippen LogP contribution is 2.29. The highest BCUT2D eigenvalue weighted by molar-refractivity contribution is 4.87. The minimum atomic E-state index is -4.40. The molecule has 27 heavy (non-hydrogen) atoms. The van der Waals surface area contributed by atoms with Crippen LogP contribution >= 0.6 is 0 Å². The third kappa shape index (κ3) is 6.79. The fourth-order valence-corrected chi connectivity index (χ4v) is 4.00. The molecule has 2 heterocycles. The van der Waals surface area contributed by atoms with Gasteiger partial charge in [0.1, 0.15) is 19.1 Å². The van der Waals surface area contributed by atoms with E-state index in [0.29, 0.717) is 32.2 Å². The minimum absolute atomic E-state index is 0.0912. The fourth-order valence-electron chi connectivity index (χ4n) is 4.00. The smallest absolute Gasteiger partial charge is 0.374 e. The molecule has 0 bridgehead atoms. The molecular weight excluding hydrogens is 368 g/mol. The van der Waals surface area contributed by atoms with Crippen LogP contribution in [0.4, 0.5) is 17.6 Å². The van der Waals surface area contributed by atoms with Crippen molar-refractivity contribution in [3.05, 3.63) is 0 Å². The minimum Gasteiger partial charge on any atom is -0.374 e. The molecule has 0 aromatic heterocycles. The third-order valence-corrected chi connectivity index (χ3v) is 5.45. The second-order valence-electron chi connectivity index (χ2n) is 7.78. The molecule has 1 aliphatic carbocycles. The average molecular weight is 398 g/mol. The van der Waals surface area contributed by atoms with Gasteiger partial charge in [0.2, 0.25) is 0 Å². The van der Waals surface area contributed by atoms with E-state index < -0.39 is 31.6 Å². The summed E-state index contributed by atoms with van der Waals surface area (Å²) in [6.45, 7) is 1.28. The maximum Gasteiger partial charge on any atom is 0.411 e. The lowest BCUT2D eigenvalue weighted by atomic mass is 9.85. The van der Waals surface area contributed by atoms with Gasteiger partial charge in [0, 0.05) is 6.54 Å². The fraction of sp³-hybridized carbons (Fsp3) is 1.00. The summed E-state index contributed by atoms with van der Waals surface area (Å²) in [4.78, 5) is 0. The van der Waals surface area contributed by atoms with Crippen LogP contribution in [0.3, 0.4) is 0 Å². The van der Waals surface area contributed by atoms with Crippen LogP contribution in [-0.2, 0) is 9.47 Å². The molecule has 0 amide bonds. The second-order valence-corrected chi connectivity index (χ2v) is 7.78. The number of rotatable bonds is 6. The van der Waals surface area contributed by atoms with Gasteiger partial charge in [-0.15, -0.1) is 0 Å². The lowest BCUT2D eigenvalue weighted by Crippen LogP contribution is -2.73. The Balaban J connectivity index is 1.54. The first kappa shape index (κ1) is 21.2. The molecule has 6 nitrogen and oxygen atoms in total. The van der Waals surface area contributed by atoms with Crippen molar-refractivity contribution in [2.24, 2.45) is 5.92 Å². The van der Waals surface area contributed by atoms with Crippen molar-refractivity contribution in [1.29, 1.82) is 0 Å². The maximum atomic E-state index is 13.4. The van der Waals surface area contributed by atoms with Gasteiger partial charge >= 0.3 is 6.18 Å². The van der Waals surface area contributed by atoms with Crippen LogP contribution in [0.1, 0.15) is 45.4 Å². The van der Waals surface area contributed by atoms with Crippen molar-refractivity contribution in [3.8, 4) is 0 Å². The van der Waals surface area contributed by atoms with E-state index in [2.05, 4.69) is 21.3 Å². The van der Waals surface area contributed by atoms with Gasteiger partial charge in [0.05, 0.1) is 18.4 Å². The lowest BCUT2D eigenvalue weighted by molar-refractivity contribution is -0.199. The summed E-state index contributed by atoms with van der Waals surface area (Å²) in [6.07, 6.45) is -2.16. The number of hydrogen-bond donors (Lipinski definition) is 4. The van der Waals surface area contributed by atoms with Crippen molar-refractivity contribution in [3.63, 3.8) is 0 Å². The van der Waals surface area contributed by atoms with Crippen LogP contribution in [-0.4, -0.2) is 56.5 Å². The largest absolute Gasteiger partial charge is 0.411 e. The van der Waals surface area contributed by atoms with Gasteiger partial charge in [0.25, 0.3) is 0 Å². The van der Waals surface area contributed by atoms with Gasteiger partial charge in [-0.3, -0.25) is 21.3 Å². The van der Waals surface area contributed by atoms with Crippen LogP contribution in [0.5, 0.6) is 0 Å². The number of nitrogens with one attached hydrogen (secondary N) is 4. The molecular formula is C17H30F4N4O2. The molecule has 10 heteroatoms. The lowest BCUT2D eigenvalue weighted by Gasteiger charge is -2.43. The van der Waals surface area contributed by atoms with E-state index >= 15 is 0 Å². The van der Waals surface area contributed by atoms with Crippen LogP contribution in [0, 0.1) is 5.92 Å². The zero-order chi connectivity index (χ0) is 19.4. The van der Waals surface area contributed by atoms with Crippen LogP contribution in [0.15, 0.2) is 0 Å². The topological polar surface area (TPSA) is 66.6 Å². The van der Waals surface area contributed by atoms with E-state index in [1.165, 1.54) is 0 Å². The monoisotopic (exact) mass is 398 g/mol. The Morgan fingerprint density at radius 3 is 2.41 bits per heavy atom. The molecule has 0 aromatic carbocycles. The van der Waals surface area contributed by atoms with Gasteiger partial charge in [-0.05, 0) is 51.4 Å². The summed E-state index contributed by atoms with van der Waals surface area (Å²) in [5.41, 5.74) is 0. The number of hydrogen-bond acceptors (Lipinski definition) is 6. The highest BCUT2D eigenvalue weighted by Gasteiger charge is 2.37. The molecule has 5 unspecified atom stereocenters. The Labute approximate surface area is 157 Å².